The summed E-state index contributed by atoms with van der Waals surface area (Å²) < 4.78 is 10.9. The van der Waals surface area contributed by atoms with Gasteiger partial charge in [0.2, 0.25) is 0 Å². The minimum Gasteiger partial charge on any atom is -0.472 e. The molecule has 5 atom stereocenters. The Morgan fingerprint density at radius 3 is 2.83 bits per heavy atom. The fourth-order valence-electron chi connectivity index (χ4n) is 5.02. The minimum absolute atomic E-state index is 0.101. The summed E-state index contributed by atoms with van der Waals surface area (Å²) in [4.78, 5) is 24.3. The summed E-state index contributed by atoms with van der Waals surface area (Å²) in [6, 6.07) is 1.88. The largest absolute Gasteiger partial charge is 0.472 e. The highest BCUT2D eigenvalue weighted by molar-refractivity contribution is 5.86. The van der Waals surface area contributed by atoms with Crippen LogP contribution in [-0.2, 0) is 14.3 Å². The number of hydrogen-bond acceptors (Lipinski definition) is 4. The van der Waals surface area contributed by atoms with E-state index in [1.165, 1.54) is 5.57 Å². The van der Waals surface area contributed by atoms with Gasteiger partial charge in [0.15, 0.2) is 0 Å². The molecule has 0 spiro atoms. The summed E-state index contributed by atoms with van der Waals surface area (Å²) in [5, 5.41) is 0. The molecule has 0 amide bonds. The number of fused-ring (bicyclic) bond motifs is 3. The average molecular weight is 314 g/mol. The molecule has 1 aromatic rings. The smallest absolute Gasteiger partial charge is 0.331 e. The standard InChI is InChI=1S/C19H22O4/c1-11-13-5-7-19(2)15(14(13)3-4-16(11)20)9-17(21)23-18(19)12-6-8-22-10-12/h6,8-11,13-14,18H,3-5,7H2,1-2H3. The van der Waals surface area contributed by atoms with Gasteiger partial charge in [-0.15, -0.1) is 0 Å². The molecule has 4 rings (SSSR count). The third kappa shape index (κ3) is 2.11. The van der Waals surface area contributed by atoms with E-state index in [1.807, 2.05) is 6.07 Å². The Kier molecular flexibility index (Phi) is 3.26. The van der Waals surface area contributed by atoms with Crippen molar-refractivity contribution in [2.24, 2.45) is 23.2 Å². The van der Waals surface area contributed by atoms with Crippen molar-refractivity contribution in [1.29, 1.82) is 0 Å². The summed E-state index contributed by atoms with van der Waals surface area (Å²) in [6.07, 6.45) is 8.14. The molecule has 4 nitrogen and oxygen atoms in total. The highest BCUT2D eigenvalue weighted by atomic mass is 16.5. The first-order valence-corrected chi connectivity index (χ1v) is 8.48. The predicted molar refractivity (Wildman–Crippen MR) is 83.4 cm³/mol. The van der Waals surface area contributed by atoms with Crippen molar-refractivity contribution in [3.05, 3.63) is 35.8 Å². The Hall–Kier alpha value is -1.84. The monoisotopic (exact) mass is 314 g/mol. The van der Waals surface area contributed by atoms with E-state index in [2.05, 4.69) is 13.8 Å². The summed E-state index contributed by atoms with van der Waals surface area (Å²) >= 11 is 0. The molecule has 1 aromatic heterocycles. The fraction of sp³-hybridized carbons (Fsp3) is 0.579. The normalized spacial score (nSPS) is 40.0. The average Bonchev–Trinajstić information content (AvgIpc) is 3.05. The quantitative estimate of drug-likeness (QED) is 0.739. The Morgan fingerprint density at radius 1 is 1.26 bits per heavy atom. The van der Waals surface area contributed by atoms with E-state index >= 15 is 0 Å². The van der Waals surface area contributed by atoms with Gasteiger partial charge >= 0.3 is 5.97 Å². The van der Waals surface area contributed by atoms with Crippen LogP contribution in [0.3, 0.4) is 0 Å². The molecule has 0 radical (unpaired) electrons. The molecule has 23 heavy (non-hydrogen) atoms. The first-order valence-electron chi connectivity index (χ1n) is 8.48. The molecule has 2 aliphatic carbocycles. The molecule has 122 valence electrons. The van der Waals surface area contributed by atoms with Crippen LogP contribution in [0.2, 0.25) is 0 Å². The van der Waals surface area contributed by atoms with E-state index in [9.17, 15) is 9.59 Å². The zero-order valence-corrected chi connectivity index (χ0v) is 13.6. The van der Waals surface area contributed by atoms with Crippen LogP contribution < -0.4 is 0 Å². The van der Waals surface area contributed by atoms with Gasteiger partial charge in [0.1, 0.15) is 11.9 Å². The van der Waals surface area contributed by atoms with E-state index in [0.717, 1.165) is 24.8 Å². The van der Waals surface area contributed by atoms with Gasteiger partial charge in [0, 0.05) is 29.4 Å². The second-order valence-electron chi connectivity index (χ2n) is 7.49. The SMILES string of the molecule is CC1C(=O)CCC2C3=CC(=O)OC(c4ccoc4)C3(C)CCC12. The zero-order chi connectivity index (χ0) is 16.2. The van der Waals surface area contributed by atoms with E-state index in [1.54, 1.807) is 18.6 Å². The van der Waals surface area contributed by atoms with Gasteiger partial charge in [-0.2, -0.15) is 0 Å². The zero-order valence-electron chi connectivity index (χ0n) is 13.6. The van der Waals surface area contributed by atoms with Crippen LogP contribution in [0, 0.1) is 23.2 Å². The van der Waals surface area contributed by atoms with Gasteiger partial charge in [-0.3, -0.25) is 4.79 Å². The van der Waals surface area contributed by atoms with Crippen molar-refractivity contribution in [2.45, 2.75) is 45.6 Å². The Bertz CT molecular complexity index is 672. The number of carbonyl (C=O) groups excluding carboxylic acids is 2. The number of cyclic esters (lactones) is 1. The molecule has 5 unspecified atom stereocenters. The highest BCUT2D eigenvalue weighted by Gasteiger charge is 2.53. The van der Waals surface area contributed by atoms with Crippen LogP contribution in [0.15, 0.2) is 34.7 Å². The number of furan rings is 1. The first kappa shape index (κ1) is 14.7. The number of carbonyl (C=O) groups is 2. The molecule has 2 heterocycles. The van der Waals surface area contributed by atoms with E-state index in [-0.39, 0.29) is 23.4 Å². The molecule has 1 aliphatic heterocycles. The maximum Gasteiger partial charge on any atom is 0.331 e. The van der Waals surface area contributed by atoms with Crippen LogP contribution in [0.5, 0.6) is 0 Å². The molecule has 4 heteroatoms. The van der Waals surface area contributed by atoms with Crippen molar-refractivity contribution in [3.8, 4) is 0 Å². The van der Waals surface area contributed by atoms with Crippen LogP contribution in [0.1, 0.15) is 51.2 Å². The lowest BCUT2D eigenvalue weighted by Gasteiger charge is -2.52. The van der Waals surface area contributed by atoms with Crippen molar-refractivity contribution in [2.75, 3.05) is 0 Å². The number of esters is 1. The van der Waals surface area contributed by atoms with E-state index in [0.29, 0.717) is 24.0 Å². The Morgan fingerprint density at radius 2 is 2.09 bits per heavy atom. The third-order valence-corrected chi connectivity index (χ3v) is 6.36. The van der Waals surface area contributed by atoms with Crippen LogP contribution in [0.4, 0.5) is 0 Å². The molecule has 0 bridgehead atoms. The maximum absolute atomic E-state index is 12.2. The van der Waals surface area contributed by atoms with Gasteiger partial charge in [0.05, 0.1) is 12.5 Å². The summed E-state index contributed by atoms with van der Waals surface area (Å²) in [5.41, 5.74) is 1.92. The second-order valence-corrected chi connectivity index (χ2v) is 7.49. The number of Topliss-reactive ketones (excluding diaryl/α,β-unsaturated/α-hetero) is 1. The molecular formula is C19H22O4. The number of rotatable bonds is 1. The predicted octanol–water partition coefficient (Wildman–Crippen LogP) is 3.84. The lowest BCUT2D eigenvalue weighted by atomic mass is 9.54. The Labute approximate surface area is 135 Å². The number of ketones is 1. The molecule has 3 aliphatic rings. The van der Waals surface area contributed by atoms with E-state index < -0.39 is 0 Å². The van der Waals surface area contributed by atoms with Crippen LogP contribution >= 0.6 is 0 Å². The van der Waals surface area contributed by atoms with Crippen molar-refractivity contribution in [1.82, 2.24) is 0 Å². The lowest BCUT2D eigenvalue weighted by molar-refractivity contribution is -0.155. The third-order valence-electron chi connectivity index (χ3n) is 6.36. The van der Waals surface area contributed by atoms with Crippen molar-refractivity contribution >= 4 is 11.8 Å². The number of ether oxygens (including phenoxy) is 1. The van der Waals surface area contributed by atoms with Gasteiger partial charge in [-0.25, -0.2) is 4.79 Å². The molecule has 2 saturated carbocycles. The van der Waals surface area contributed by atoms with Gasteiger partial charge < -0.3 is 9.15 Å². The molecular weight excluding hydrogens is 292 g/mol. The molecule has 2 fully saturated rings. The summed E-state index contributed by atoms with van der Waals surface area (Å²) in [5.74, 6) is 0.897. The maximum atomic E-state index is 12.2. The van der Waals surface area contributed by atoms with Crippen LogP contribution in [-0.4, -0.2) is 11.8 Å². The molecule has 0 N–H and O–H groups in total. The van der Waals surface area contributed by atoms with Crippen molar-refractivity contribution < 1.29 is 18.7 Å². The highest BCUT2D eigenvalue weighted by Crippen LogP contribution is 2.59. The molecule has 0 aromatic carbocycles. The van der Waals surface area contributed by atoms with Gasteiger partial charge in [-0.1, -0.05) is 13.8 Å². The first-order chi connectivity index (χ1) is 11.0. The fourth-order valence-corrected chi connectivity index (χ4v) is 5.02. The topological polar surface area (TPSA) is 56.5 Å². The van der Waals surface area contributed by atoms with Crippen molar-refractivity contribution in [3.63, 3.8) is 0 Å². The van der Waals surface area contributed by atoms with Crippen LogP contribution in [0.25, 0.3) is 0 Å². The summed E-state index contributed by atoms with van der Waals surface area (Å²) in [7, 11) is 0. The number of hydrogen-bond donors (Lipinski definition) is 0. The van der Waals surface area contributed by atoms with E-state index in [4.69, 9.17) is 9.15 Å². The van der Waals surface area contributed by atoms with Gasteiger partial charge in [-0.05, 0) is 42.7 Å². The summed E-state index contributed by atoms with van der Waals surface area (Å²) in [6.45, 7) is 4.25. The Balaban J connectivity index is 1.75. The second kappa shape index (κ2) is 5.08. The minimum atomic E-state index is -0.289. The lowest BCUT2D eigenvalue weighted by Crippen LogP contribution is -2.47. The van der Waals surface area contributed by atoms with Gasteiger partial charge in [0.25, 0.3) is 0 Å². The molecule has 0 saturated heterocycles.